The fourth-order valence-corrected chi connectivity index (χ4v) is 14.2. The van der Waals surface area contributed by atoms with Crippen molar-refractivity contribution in [3.8, 4) is 22.5 Å². The Morgan fingerprint density at radius 3 is 1.04 bits per heavy atom. The largest absolute Gasteiger partial charge is 0.310 e. The van der Waals surface area contributed by atoms with Crippen molar-refractivity contribution in [1.29, 1.82) is 0 Å². The van der Waals surface area contributed by atoms with Crippen LogP contribution >= 0.6 is 0 Å². The number of fused-ring (bicyclic) bond motifs is 3. The van der Waals surface area contributed by atoms with E-state index < -0.39 is 5.41 Å². The predicted octanol–water partition coefficient (Wildman–Crippen LogP) is 20.4. The molecule has 14 aromatic carbocycles. The second-order valence-electron chi connectivity index (χ2n) is 21.6. The van der Waals surface area contributed by atoms with Gasteiger partial charge in [-0.1, -0.05) is 194 Å². The van der Waals surface area contributed by atoms with Crippen molar-refractivity contribution >= 4 is 99.3 Å². The standard InChI is InChI=1S/C77H50N4/c1-7-23-53(24-8-1)77(54-25-9-2-10-26-54)65-49-59(78(55-27-11-3-12-28-55)67-45-47-71-75-63(67)41-37-51-21-19-35-69(73(51)75)80(71)57-31-15-5-16-32-57)39-43-61(65)62-44-40-60(50-66(62)77)79(56-29-13-4-14-30-56)68-46-48-72-76-64(68)42-38-52-22-20-36-70(74(52)76)81(72)58-33-17-6-18-34-58/h1-50H. The third-order valence-corrected chi connectivity index (χ3v) is 17.4. The van der Waals surface area contributed by atoms with Crippen molar-refractivity contribution in [1.82, 2.24) is 9.13 Å². The molecule has 4 nitrogen and oxygen atoms in total. The van der Waals surface area contributed by atoms with Crippen molar-refractivity contribution in [3.05, 3.63) is 326 Å². The van der Waals surface area contributed by atoms with Crippen LogP contribution in [-0.2, 0) is 5.41 Å². The molecule has 0 amide bonds. The van der Waals surface area contributed by atoms with Gasteiger partial charge in [-0.3, -0.25) is 0 Å². The highest BCUT2D eigenvalue weighted by molar-refractivity contribution is 6.28. The van der Waals surface area contributed by atoms with Crippen LogP contribution in [0, 0.1) is 0 Å². The number of benzene rings is 14. The molecule has 2 heterocycles. The van der Waals surface area contributed by atoms with Crippen LogP contribution < -0.4 is 9.80 Å². The van der Waals surface area contributed by atoms with Gasteiger partial charge >= 0.3 is 0 Å². The number of hydrogen-bond donors (Lipinski definition) is 0. The number of anilines is 6. The number of nitrogens with zero attached hydrogens (tertiary/aromatic N) is 4. The first-order valence-electron chi connectivity index (χ1n) is 28.0. The first kappa shape index (κ1) is 45.3. The van der Waals surface area contributed by atoms with Crippen molar-refractivity contribution < 1.29 is 0 Å². The normalized spacial score (nSPS) is 12.8. The van der Waals surface area contributed by atoms with Crippen LogP contribution in [-0.4, -0.2) is 9.13 Å². The molecule has 0 N–H and O–H groups in total. The third kappa shape index (κ3) is 6.53. The Hall–Kier alpha value is -10.7. The lowest BCUT2D eigenvalue weighted by Crippen LogP contribution is -2.29. The monoisotopic (exact) mass is 1030 g/mol. The van der Waals surface area contributed by atoms with E-state index in [9.17, 15) is 0 Å². The fourth-order valence-electron chi connectivity index (χ4n) is 14.2. The van der Waals surface area contributed by atoms with Gasteiger partial charge in [0.15, 0.2) is 0 Å². The van der Waals surface area contributed by atoms with Gasteiger partial charge in [-0.2, -0.15) is 0 Å². The highest BCUT2D eigenvalue weighted by Crippen LogP contribution is 2.59. The molecule has 1 aliphatic rings. The summed E-state index contributed by atoms with van der Waals surface area (Å²) in [6.07, 6.45) is 0. The molecule has 0 bridgehead atoms. The van der Waals surface area contributed by atoms with Crippen LogP contribution in [0.5, 0.6) is 0 Å². The zero-order valence-corrected chi connectivity index (χ0v) is 44.2. The molecule has 2 aromatic heterocycles. The summed E-state index contributed by atoms with van der Waals surface area (Å²) in [4.78, 5) is 4.97. The zero-order chi connectivity index (χ0) is 53.2. The predicted molar refractivity (Wildman–Crippen MR) is 339 cm³/mol. The van der Waals surface area contributed by atoms with Crippen molar-refractivity contribution in [3.63, 3.8) is 0 Å². The van der Waals surface area contributed by atoms with E-state index in [0.29, 0.717) is 0 Å². The lowest BCUT2D eigenvalue weighted by Gasteiger charge is -2.36. The maximum Gasteiger partial charge on any atom is 0.0715 e. The van der Waals surface area contributed by atoms with E-state index in [-0.39, 0.29) is 0 Å². The van der Waals surface area contributed by atoms with Crippen LogP contribution in [0.4, 0.5) is 34.1 Å². The smallest absolute Gasteiger partial charge is 0.0715 e. The molecule has 0 radical (unpaired) electrons. The summed E-state index contributed by atoms with van der Waals surface area (Å²) in [6, 6.07) is 112. The zero-order valence-electron chi connectivity index (χ0n) is 44.2. The first-order valence-corrected chi connectivity index (χ1v) is 28.0. The molecule has 81 heavy (non-hydrogen) atoms. The molecule has 0 atom stereocenters. The van der Waals surface area contributed by atoms with E-state index in [0.717, 1.165) is 45.5 Å². The second kappa shape index (κ2) is 17.7. The Bertz CT molecular complexity index is 4710. The van der Waals surface area contributed by atoms with Crippen LogP contribution in [0.3, 0.4) is 0 Å². The number of aromatic nitrogens is 2. The van der Waals surface area contributed by atoms with E-state index in [4.69, 9.17) is 0 Å². The van der Waals surface area contributed by atoms with Gasteiger partial charge in [0.05, 0.1) is 38.9 Å². The Balaban J connectivity index is 0.904. The molecular weight excluding hydrogens is 981 g/mol. The summed E-state index contributed by atoms with van der Waals surface area (Å²) in [6.45, 7) is 0. The maximum atomic E-state index is 2.50. The molecule has 0 unspecified atom stereocenters. The van der Waals surface area contributed by atoms with E-state index in [1.54, 1.807) is 0 Å². The lowest BCUT2D eigenvalue weighted by atomic mass is 9.67. The summed E-state index contributed by atoms with van der Waals surface area (Å²) < 4.78 is 4.86. The molecule has 1 aliphatic carbocycles. The number of hydrogen-bond acceptors (Lipinski definition) is 2. The Morgan fingerprint density at radius 1 is 0.259 bits per heavy atom. The summed E-state index contributed by atoms with van der Waals surface area (Å²) in [5, 5.41) is 9.98. The van der Waals surface area contributed by atoms with Gasteiger partial charge in [-0.25, -0.2) is 0 Å². The SMILES string of the molecule is c1ccc(N(c2ccc3c(c2)C(c2ccccc2)(c2ccccc2)c2cc(N(c4ccccc4)c4ccc5c6c4ccc4cccc(c46)n5-c4ccccc4)ccc2-3)c2ccc3c4c2ccc2cccc(c24)n3-c2ccccc2)cc1. The van der Waals surface area contributed by atoms with Crippen LogP contribution in [0.1, 0.15) is 22.3 Å². The molecule has 378 valence electrons. The molecule has 0 saturated heterocycles. The molecule has 16 aromatic rings. The van der Waals surface area contributed by atoms with Crippen molar-refractivity contribution in [2.75, 3.05) is 9.80 Å². The van der Waals surface area contributed by atoms with Gasteiger partial charge in [0.25, 0.3) is 0 Å². The van der Waals surface area contributed by atoms with Gasteiger partial charge in [0, 0.05) is 66.4 Å². The molecule has 0 spiro atoms. The summed E-state index contributed by atoms with van der Waals surface area (Å²) in [5.41, 5.74) is 20.4. The Morgan fingerprint density at radius 2 is 0.630 bits per heavy atom. The molecule has 17 rings (SSSR count). The van der Waals surface area contributed by atoms with E-state index >= 15 is 0 Å². The highest BCUT2D eigenvalue weighted by Gasteiger charge is 2.47. The Labute approximate surface area is 469 Å². The Kier molecular flexibility index (Phi) is 9.89. The average molecular weight is 1030 g/mol. The van der Waals surface area contributed by atoms with E-state index in [1.165, 1.54) is 98.5 Å². The van der Waals surface area contributed by atoms with Gasteiger partial charge in [0.1, 0.15) is 0 Å². The van der Waals surface area contributed by atoms with Crippen LogP contribution in [0.25, 0.3) is 87.7 Å². The van der Waals surface area contributed by atoms with E-state index in [2.05, 4.69) is 322 Å². The maximum absolute atomic E-state index is 2.50. The first-order chi connectivity index (χ1) is 40.2. The summed E-state index contributed by atoms with van der Waals surface area (Å²) in [5.74, 6) is 0. The number of rotatable bonds is 10. The minimum atomic E-state index is -0.712. The molecule has 4 heteroatoms. The van der Waals surface area contributed by atoms with Gasteiger partial charge in [0.2, 0.25) is 0 Å². The quantitative estimate of drug-likeness (QED) is 0.127. The fraction of sp³-hybridized carbons (Fsp3) is 0.0130. The number of para-hydroxylation sites is 4. The second-order valence-corrected chi connectivity index (χ2v) is 21.6. The van der Waals surface area contributed by atoms with Gasteiger partial charge in [-0.05, 0) is 153 Å². The van der Waals surface area contributed by atoms with Crippen LogP contribution in [0.2, 0.25) is 0 Å². The highest BCUT2D eigenvalue weighted by atomic mass is 15.2. The average Bonchev–Trinajstić information content (AvgIpc) is 4.22. The molecule has 0 fully saturated rings. The van der Waals surface area contributed by atoms with Crippen molar-refractivity contribution in [2.45, 2.75) is 5.41 Å². The lowest BCUT2D eigenvalue weighted by molar-refractivity contribution is 0.768. The van der Waals surface area contributed by atoms with Gasteiger partial charge in [-0.15, -0.1) is 0 Å². The molecular formula is C77H50N4. The topological polar surface area (TPSA) is 16.3 Å². The minimum Gasteiger partial charge on any atom is -0.310 e. The molecule has 0 saturated carbocycles. The molecule has 0 aliphatic heterocycles. The van der Waals surface area contributed by atoms with Gasteiger partial charge < -0.3 is 18.9 Å². The third-order valence-electron chi connectivity index (χ3n) is 17.4. The van der Waals surface area contributed by atoms with Crippen LogP contribution in [0.15, 0.2) is 303 Å². The van der Waals surface area contributed by atoms with E-state index in [1.807, 2.05) is 0 Å². The van der Waals surface area contributed by atoms with Crippen molar-refractivity contribution in [2.24, 2.45) is 0 Å². The minimum absolute atomic E-state index is 0.712. The summed E-state index contributed by atoms with van der Waals surface area (Å²) in [7, 11) is 0. The summed E-state index contributed by atoms with van der Waals surface area (Å²) >= 11 is 0.